The van der Waals surface area contributed by atoms with Gasteiger partial charge in [0.05, 0.1) is 14.2 Å². The van der Waals surface area contributed by atoms with Crippen molar-refractivity contribution in [1.29, 1.82) is 0 Å². The van der Waals surface area contributed by atoms with E-state index in [9.17, 15) is 0 Å². The average Bonchev–Trinajstić information content (AvgIpc) is 2.43. The summed E-state index contributed by atoms with van der Waals surface area (Å²) in [7, 11) is 3.36. The maximum Gasteiger partial charge on any atom is 0.140 e. The molecule has 1 aromatic rings. The summed E-state index contributed by atoms with van der Waals surface area (Å²) in [5.41, 5.74) is 1.21. The van der Waals surface area contributed by atoms with Gasteiger partial charge in [-0.25, -0.2) is 0 Å². The van der Waals surface area contributed by atoms with Crippen molar-refractivity contribution in [3.8, 4) is 11.5 Å². The number of hydrogen-bond donors (Lipinski definition) is 1. The van der Waals surface area contributed by atoms with Crippen molar-refractivity contribution >= 4 is 15.9 Å². The van der Waals surface area contributed by atoms with E-state index >= 15 is 0 Å². The summed E-state index contributed by atoms with van der Waals surface area (Å²) in [5, 5.41) is 3.40. The van der Waals surface area contributed by atoms with E-state index in [0.29, 0.717) is 11.8 Å². The van der Waals surface area contributed by atoms with Gasteiger partial charge in [0, 0.05) is 0 Å². The van der Waals surface area contributed by atoms with Gasteiger partial charge in [-0.2, -0.15) is 0 Å². The van der Waals surface area contributed by atoms with Crippen LogP contribution >= 0.6 is 15.9 Å². The topological polar surface area (TPSA) is 30.5 Å². The molecule has 0 radical (unpaired) electrons. The normalized spacial score (nSPS) is 14.0. The zero-order valence-electron chi connectivity index (χ0n) is 12.4. The van der Waals surface area contributed by atoms with Crippen LogP contribution in [-0.4, -0.2) is 27.3 Å². The molecule has 0 saturated heterocycles. The van der Waals surface area contributed by atoms with Crippen LogP contribution in [0, 0.1) is 5.92 Å². The highest BCUT2D eigenvalue weighted by Crippen LogP contribution is 2.41. The molecule has 0 aromatic heterocycles. The van der Waals surface area contributed by atoms with Gasteiger partial charge in [-0.05, 0) is 52.5 Å². The Morgan fingerprint density at radius 3 is 2.42 bits per heavy atom. The van der Waals surface area contributed by atoms with Crippen molar-refractivity contribution < 1.29 is 9.47 Å². The van der Waals surface area contributed by atoms with Gasteiger partial charge < -0.3 is 14.8 Å². The van der Waals surface area contributed by atoms with Crippen LogP contribution in [0.3, 0.4) is 0 Å². The molecule has 1 N–H and O–H groups in total. The van der Waals surface area contributed by atoms with Crippen molar-refractivity contribution in [3.05, 3.63) is 22.2 Å². The van der Waals surface area contributed by atoms with E-state index in [2.05, 4.69) is 48.1 Å². The third-order valence-electron chi connectivity index (χ3n) is 3.58. The molecular formula is C15H24BrNO2. The third-order valence-corrected chi connectivity index (χ3v) is 4.33. The molecule has 0 aliphatic heterocycles. The lowest BCUT2D eigenvalue weighted by molar-refractivity contribution is 0.374. The molecule has 0 bridgehead atoms. The molecule has 0 fully saturated rings. The Morgan fingerprint density at radius 1 is 1.21 bits per heavy atom. The summed E-state index contributed by atoms with van der Waals surface area (Å²) in [6, 6.07) is 4.08. The zero-order chi connectivity index (χ0) is 14.4. The van der Waals surface area contributed by atoms with Crippen molar-refractivity contribution in [2.45, 2.75) is 26.7 Å². The molecule has 0 heterocycles. The highest BCUT2D eigenvalue weighted by molar-refractivity contribution is 9.10. The summed E-state index contributed by atoms with van der Waals surface area (Å²) in [5.74, 6) is 2.62. The first kappa shape index (κ1) is 16.3. The molecular weight excluding hydrogens is 306 g/mol. The smallest absolute Gasteiger partial charge is 0.140 e. The number of benzene rings is 1. The summed E-state index contributed by atoms with van der Waals surface area (Å²) in [6.45, 7) is 8.62. The maximum absolute atomic E-state index is 5.55. The second-order valence-electron chi connectivity index (χ2n) is 4.78. The minimum absolute atomic E-state index is 0.413. The lowest BCUT2D eigenvalue weighted by Gasteiger charge is -2.23. The van der Waals surface area contributed by atoms with Crippen LogP contribution in [0.2, 0.25) is 0 Å². The van der Waals surface area contributed by atoms with Crippen LogP contribution in [0.15, 0.2) is 16.6 Å². The second kappa shape index (κ2) is 7.75. The van der Waals surface area contributed by atoms with E-state index in [-0.39, 0.29) is 0 Å². The fraction of sp³-hybridized carbons (Fsp3) is 0.600. The van der Waals surface area contributed by atoms with Gasteiger partial charge in [-0.3, -0.25) is 0 Å². The molecule has 0 amide bonds. The molecule has 0 aliphatic rings. The van der Waals surface area contributed by atoms with Crippen molar-refractivity contribution in [3.63, 3.8) is 0 Å². The zero-order valence-corrected chi connectivity index (χ0v) is 14.0. The second-order valence-corrected chi connectivity index (χ2v) is 5.57. The van der Waals surface area contributed by atoms with E-state index in [1.165, 1.54) is 5.56 Å². The fourth-order valence-electron chi connectivity index (χ4n) is 2.13. The minimum atomic E-state index is 0.413. The standard InChI is InChI=1S/C15H24BrNO2/c1-6-17-9-10(2)11(3)12-7-8-13(18-4)14(16)15(12)19-5/h7-8,10-11,17H,6,9H2,1-5H3. The van der Waals surface area contributed by atoms with Crippen LogP contribution in [-0.2, 0) is 0 Å². The van der Waals surface area contributed by atoms with Crippen LogP contribution in [0.25, 0.3) is 0 Å². The predicted octanol–water partition coefficient (Wildman–Crippen LogP) is 3.82. The Labute approximate surface area is 124 Å². The first-order chi connectivity index (χ1) is 9.06. The number of ether oxygens (including phenoxy) is 2. The van der Waals surface area contributed by atoms with Gasteiger partial charge in [0.1, 0.15) is 16.0 Å². The minimum Gasteiger partial charge on any atom is -0.495 e. The largest absolute Gasteiger partial charge is 0.495 e. The number of nitrogens with one attached hydrogen (secondary N) is 1. The fourth-order valence-corrected chi connectivity index (χ4v) is 2.82. The number of hydrogen-bond acceptors (Lipinski definition) is 3. The molecule has 0 spiro atoms. The Morgan fingerprint density at radius 2 is 1.89 bits per heavy atom. The summed E-state index contributed by atoms with van der Waals surface area (Å²) in [6.07, 6.45) is 0. The monoisotopic (exact) mass is 329 g/mol. The van der Waals surface area contributed by atoms with Crippen LogP contribution in [0.4, 0.5) is 0 Å². The number of halogens is 1. The Kier molecular flexibility index (Phi) is 6.66. The van der Waals surface area contributed by atoms with E-state index in [1.54, 1.807) is 14.2 Å². The Hall–Kier alpha value is -0.740. The highest BCUT2D eigenvalue weighted by Gasteiger charge is 2.21. The molecule has 3 nitrogen and oxygen atoms in total. The van der Waals surface area contributed by atoms with Crippen LogP contribution in [0.5, 0.6) is 11.5 Å². The van der Waals surface area contributed by atoms with Crippen molar-refractivity contribution in [1.82, 2.24) is 5.32 Å². The van der Waals surface area contributed by atoms with E-state index in [4.69, 9.17) is 9.47 Å². The molecule has 1 rings (SSSR count). The Bertz CT molecular complexity index is 409. The van der Waals surface area contributed by atoms with Crippen molar-refractivity contribution in [2.24, 2.45) is 5.92 Å². The van der Waals surface area contributed by atoms with Gasteiger partial charge in [-0.15, -0.1) is 0 Å². The molecule has 2 atom stereocenters. The molecule has 0 aliphatic carbocycles. The average molecular weight is 330 g/mol. The first-order valence-electron chi connectivity index (χ1n) is 6.67. The van der Waals surface area contributed by atoms with Gasteiger partial charge in [0.15, 0.2) is 0 Å². The lowest BCUT2D eigenvalue weighted by Crippen LogP contribution is -2.24. The molecule has 1 aromatic carbocycles. The summed E-state index contributed by atoms with van der Waals surface area (Å²) < 4.78 is 11.7. The molecule has 2 unspecified atom stereocenters. The molecule has 19 heavy (non-hydrogen) atoms. The molecule has 4 heteroatoms. The highest BCUT2D eigenvalue weighted by atomic mass is 79.9. The van der Waals surface area contributed by atoms with Crippen LogP contribution in [0.1, 0.15) is 32.3 Å². The number of rotatable bonds is 7. The van der Waals surface area contributed by atoms with Gasteiger partial charge >= 0.3 is 0 Å². The van der Waals surface area contributed by atoms with Crippen molar-refractivity contribution in [2.75, 3.05) is 27.3 Å². The van der Waals surface area contributed by atoms with E-state index < -0.39 is 0 Å². The Balaban J connectivity index is 3.02. The van der Waals surface area contributed by atoms with Gasteiger partial charge in [0.25, 0.3) is 0 Å². The summed E-state index contributed by atoms with van der Waals surface area (Å²) in [4.78, 5) is 0. The number of methoxy groups -OCH3 is 2. The SMILES string of the molecule is CCNCC(C)C(C)c1ccc(OC)c(Br)c1OC. The third kappa shape index (κ3) is 3.86. The van der Waals surface area contributed by atoms with Gasteiger partial charge in [0.2, 0.25) is 0 Å². The lowest BCUT2D eigenvalue weighted by atomic mass is 9.88. The maximum atomic E-state index is 5.55. The first-order valence-corrected chi connectivity index (χ1v) is 7.47. The van der Waals surface area contributed by atoms with Crippen LogP contribution < -0.4 is 14.8 Å². The molecule has 108 valence electrons. The van der Waals surface area contributed by atoms with E-state index in [0.717, 1.165) is 29.1 Å². The van der Waals surface area contributed by atoms with Gasteiger partial charge in [-0.1, -0.05) is 26.8 Å². The van der Waals surface area contributed by atoms with E-state index in [1.807, 2.05) is 6.07 Å². The quantitative estimate of drug-likeness (QED) is 0.824. The summed E-state index contributed by atoms with van der Waals surface area (Å²) >= 11 is 3.56. The molecule has 0 saturated carbocycles. The predicted molar refractivity (Wildman–Crippen MR) is 83.4 cm³/mol.